The number of nitrogens with one attached hydrogen (secondary N) is 1. The molecular formula is C24H36N2O3. The summed E-state index contributed by atoms with van der Waals surface area (Å²) in [4.78, 5) is 31.5. The molecule has 5 nitrogen and oxygen atoms in total. The molecule has 0 bridgehead atoms. The Hall–Kier alpha value is -1.23. The van der Waals surface area contributed by atoms with Crippen LogP contribution in [0.25, 0.3) is 0 Å². The minimum Gasteiger partial charge on any atom is -0.394 e. The number of hydrogen-bond acceptors (Lipinski definition) is 5. The van der Waals surface area contributed by atoms with Crippen molar-refractivity contribution >= 4 is 17.3 Å². The second-order valence-corrected chi connectivity index (χ2v) is 11.0. The Bertz CT molecular complexity index is 728. The molecule has 0 spiro atoms. The molecule has 1 N–H and O–H groups in total. The molecule has 160 valence electrons. The van der Waals surface area contributed by atoms with Gasteiger partial charge in [0.1, 0.15) is 18.2 Å². The van der Waals surface area contributed by atoms with E-state index in [4.69, 9.17) is 4.84 Å². The Balaban J connectivity index is 1.30. The normalized spacial score (nSPS) is 48.3. The lowest BCUT2D eigenvalue weighted by molar-refractivity contribution is -0.152. The summed E-state index contributed by atoms with van der Waals surface area (Å²) in [6.45, 7) is 6.27. The van der Waals surface area contributed by atoms with Crippen LogP contribution in [-0.4, -0.2) is 36.5 Å². The minimum absolute atomic E-state index is 0.0684. The molecule has 5 heteroatoms. The number of carbonyl (C=O) groups is 2. The maximum atomic E-state index is 13.3. The van der Waals surface area contributed by atoms with E-state index in [1.807, 2.05) is 0 Å². The van der Waals surface area contributed by atoms with E-state index in [-0.39, 0.29) is 16.7 Å². The highest BCUT2D eigenvalue weighted by Crippen LogP contribution is 2.64. The van der Waals surface area contributed by atoms with E-state index >= 15 is 0 Å². The molecule has 0 aromatic rings. The zero-order valence-corrected chi connectivity index (χ0v) is 18.0. The van der Waals surface area contributed by atoms with Gasteiger partial charge < -0.3 is 10.2 Å². The van der Waals surface area contributed by atoms with Crippen LogP contribution < -0.4 is 5.32 Å². The van der Waals surface area contributed by atoms with E-state index in [1.165, 1.54) is 6.42 Å². The van der Waals surface area contributed by atoms with Gasteiger partial charge in [0, 0.05) is 30.2 Å². The van der Waals surface area contributed by atoms with Gasteiger partial charge in [-0.15, -0.1) is 0 Å². The van der Waals surface area contributed by atoms with Crippen molar-refractivity contribution in [3.05, 3.63) is 0 Å². The van der Waals surface area contributed by atoms with Gasteiger partial charge in [0.2, 0.25) is 0 Å². The van der Waals surface area contributed by atoms with Crippen LogP contribution in [-0.2, 0) is 14.4 Å². The Kier molecular flexibility index (Phi) is 4.88. The fourth-order valence-electron chi connectivity index (χ4n) is 7.82. The van der Waals surface area contributed by atoms with Crippen molar-refractivity contribution in [3.63, 3.8) is 0 Å². The summed E-state index contributed by atoms with van der Waals surface area (Å²) in [5.74, 6) is 2.38. The van der Waals surface area contributed by atoms with Gasteiger partial charge in [-0.3, -0.25) is 9.59 Å². The van der Waals surface area contributed by atoms with Crippen LogP contribution in [0.2, 0.25) is 0 Å². The number of nitrogens with zero attached hydrogens (tertiary/aromatic N) is 1. The maximum absolute atomic E-state index is 13.3. The summed E-state index contributed by atoms with van der Waals surface area (Å²) in [6, 6.07) is 0.427. The molecular weight excluding hydrogens is 364 g/mol. The van der Waals surface area contributed by atoms with Crippen LogP contribution in [0.4, 0.5) is 0 Å². The van der Waals surface area contributed by atoms with Gasteiger partial charge in [0.05, 0.1) is 5.71 Å². The highest BCUT2D eigenvalue weighted by molar-refractivity contribution is 5.93. The number of carbonyl (C=O) groups excluding carboxylic acids is 2. The van der Waals surface area contributed by atoms with E-state index < -0.39 is 0 Å². The molecule has 1 aliphatic heterocycles. The zero-order chi connectivity index (χ0) is 20.2. The fourth-order valence-corrected chi connectivity index (χ4v) is 7.82. The summed E-state index contributed by atoms with van der Waals surface area (Å²) >= 11 is 0. The number of oxime groups is 1. The van der Waals surface area contributed by atoms with Gasteiger partial charge in [-0.2, -0.15) is 0 Å². The standard InChI is InChI=1S/C24H36N2O3/c1-23-9-7-15(26-29-14-16-4-3-11-25-16)12-20(23)21(27)13-17-18-5-6-22(28)24(18,2)10-8-19(17)23/h16-20,25H,3-14H2,1-2H3/b26-15+/t16-,17+,18+,19+,20-,23-,24+/m1/s1. The highest BCUT2D eigenvalue weighted by Gasteiger charge is 2.62. The highest BCUT2D eigenvalue weighted by atomic mass is 16.6. The largest absolute Gasteiger partial charge is 0.394 e. The lowest BCUT2D eigenvalue weighted by Gasteiger charge is -2.58. The van der Waals surface area contributed by atoms with E-state index in [0.29, 0.717) is 48.4 Å². The molecule has 0 aromatic carbocycles. The molecule has 5 fully saturated rings. The Labute approximate surface area is 174 Å². The summed E-state index contributed by atoms with van der Waals surface area (Å²) in [5, 5.41) is 7.90. The molecule has 0 radical (unpaired) electrons. The first-order valence-electron chi connectivity index (χ1n) is 11.9. The average Bonchev–Trinajstić information content (AvgIpc) is 3.31. The Morgan fingerprint density at radius 3 is 2.72 bits per heavy atom. The molecule has 5 aliphatic rings. The van der Waals surface area contributed by atoms with Crippen molar-refractivity contribution in [2.45, 2.75) is 84.1 Å². The third kappa shape index (κ3) is 3.10. The maximum Gasteiger partial charge on any atom is 0.139 e. The molecule has 29 heavy (non-hydrogen) atoms. The van der Waals surface area contributed by atoms with Crippen molar-refractivity contribution in [2.75, 3.05) is 13.2 Å². The topological polar surface area (TPSA) is 67.8 Å². The van der Waals surface area contributed by atoms with Crippen LogP contribution >= 0.6 is 0 Å². The summed E-state index contributed by atoms with van der Waals surface area (Å²) in [5.41, 5.74) is 0.988. The van der Waals surface area contributed by atoms with Gasteiger partial charge in [0.25, 0.3) is 0 Å². The van der Waals surface area contributed by atoms with Gasteiger partial charge in [-0.1, -0.05) is 19.0 Å². The number of fused-ring (bicyclic) bond motifs is 5. The van der Waals surface area contributed by atoms with Crippen molar-refractivity contribution in [1.29, 1.82) is 0 Å². The number of rotatable bonds is 3. The lowest BCUT2D eigenvalue weighted by Crippen LogP contribution is -2.56. The minimum atomic E-state index is -0.159. The molecule has 7 atom stereocenters. The zero-order valence-electron chi connectivity index (χ0n) is 18.0. The predicted octanol–water partition coefficient (Wildman–Crippen LogP) is 3.90. The second kappa shape index (κ2) is 7.18. The molecule has 0 amide bonds. The van der Waals surface area contributed by atoms with Gasteiger partial charge in [-0.05, 0) is 81.1 Å². The van der Waals surface area contributed by atoms with Gasteiger partial charge >= 0.3 is 0 Å². The van der Waals surface area contributed by atoms with E-state index in [0.717, 1.165) is 63.6 Å². The third-order valence-electron chi connectivity index (χ3n) is 9.64. The summed E-state index contributed by atoms with van der Waals surface area (Å²) in [7, 11) is 0. The van der Waals surface area contributed by atoms with Crippen LogP contribution in [0.1, 0.15) is 78.1 Å². The van der Waals surface area contributed by atoms with E-state index in [2.05, 4.69) is 24.3 Å². The quantitative estimate of drug-likeness (QED) is 0.730. The number of Topliss-reactive ketones (excluding diaryl/α,β-unsaturated/α-hetero) is 2. The smallest absolute Gasteiger partial charge is 0.139 e. The van der Waals surface area contributed by atoms with Gasteiger partial charge in [0.15, 0.2) is 0 Å². The van der Waals surface area contributed by atoms with Crippen molar-refractivity contribution < 1.29 is 14.4 Å². The van der Waals surface area contributed by atoms with Crippen molar-refractivity contribution in [1.82, 2.24) is 5.32 Å². The molecule has 0 aromatic heterocycles. The van der Waals surface area contributed by atoms with Gasteiger partial charge in [-0.25, -0.2) is 0 Å². The Morgan fingerprint density at radius 1 is 1.07 bits per heavy atom. The first kappa shape index (κ1) is 19.7. The lowest BCUT2D eigenvalue weighted by atomic mass is 9.45. The van der Waals surface area contributed by atoms with Crippen LogP contribution in [0.3, 0.4) is 0 Å². The molecule has 5 rings (SSSR count). The Morgan fingerprint density at radius 2 is 1.93 bits per heavy atom. The molecule has 1 heterocycles. The van der Waals surface area contributed by atoms with Crippen molar-refractivity contribution in [3.8, 4) is 0 Å². The molecule has 0 unspecified atom stereocenters. The van der Waals surface area contributed by atoms with Crippen LogP contribution in [0.5, 0.6) is 0 Å². The molecule has 4 saturated carbocycles. The molecule has 1 saturated heterocycles. The monoisotopic (exact) mass is 400 g/mol. The SMILES string of the molecule is C[C@]12CC/C(=N\OC[C@H]3CCCN3)C[C@@H]1C(=O)C[C@@H]1[C@@H]2CC[C@]2(C)C(=O)CC[C@@H]12. The number of ketones is 2. The van der Waals surface area contributed by atoms with Crippen LogP contribution in [0.15, 0.2) is 5.16 Å². The first-order valence-corrected chi connectivity index (χ1v) is 11.9. The average molecular weight is 401 g/mol. The summed E-state index contributed by atoms with van der Waals surface area (Å²) in [6.07, 6.45) is 9.67. The fraction of sp³-hybridized carbons (Fsp3) is 0.875. The number of hydrogen-bond donors (Lipinski definition) is 1. The van der Waals surface area contributed by atoms with E-state index in [1.54, 1.807) is 0 Å². The second-order valence-electron chi connectivity index (χ2n) is 11.0. The van der Waals surface area contributed by atoms with Crippen molar-refractivity contribution in [2.24, 2.45) is 39.7 Å². The van der Waals surface area contributed by atoms with Crippen LogP contribution in [0, 0.1) is 34.5 Å². The summed E-state index contributed by atoms with van der Waals surface area (Å²) < 4.78 is 0. The predicted molar refractivity (Wildman–Crippen MR) is 112 cm³/mol. The first-order chi connectivity index (χ1) is 13.9. The molecule has 4 aliphatic carbocycles. The van der Waals surface area contributed by atoms with E-state index in [9.17, 15) is 9.59 Å². The third-order valence-corrected chi connectivity index (χ3v) is 9.64.